The molecule has 0 aliphatic heterocycles. The molecule has 2 rings (SSSR count). The van der Waals surface area contributed by atoms with Crippen molar-refractivity contribution in [3.05, 3.63) is 68.7 Å². The van der Waals surface area contributed by atoms with E-state index in [0.29, 0.717) is 26.2 Å². The average Bonchev–Trinajstić information content (AvgIpc) is 2.37. The highest BCUT2D eigenvalue weighted by Crippen LogP contribution is 2.32. The fourth-order valence-electron chi connectivity index (χ4n) is 1.68. The predicted octanol–water partition coefficient (Wildman–Crippen LogP) is 5.71. The maximum Gasteiger partial charge on any atom is 0.0999 e. The van der Waals surface area contributed by atoms with Gasteiger partial charge in [0, 0.05) is 10.6 Å². The Kier molecular flexibility index (Phi) is 4.50. The molecular formula is C15H8Cl3N. The van der Waals surface area contributed by atoms with Crippen molar-refractivity contribution in [2.75, 3.05) is 0 Å². The summed E-state index contributed by atoms with van der Waals surface area (Å²) in [6, 6.07) is 14.5. The molecule has 2 aromatic rings. The molecule has 0 fully saturated rings. The van der Waals surface area contributed by atoms with Crippen molar-refractivity contribution in [1.82, 2.24) is 0 Å². The van der Waals surface area contributed by atoms with Gasteiger partial charge in [-0.1, -0.05) is 53.0 Å². The van der Waals surface area contributed by atoms with Crippen molar-refractivity contribution < 1.29 is 0 Å². The highest BCUT2D eigenvalue weighted by molar-refractivity contribution is 6.38. The minimum absolute atomic E-state index is 0.401. The van der Waals surface area contributed by atoms with Gasteiger partial charge in [-0.3, -0.25) is 0 Å². The Hall–Kier alpha value is -1.46. The topological polar surface area (TPSA) is 23.8 Å². The van der Waals surface area contributed by atoms with Gasteiger partial charge in [0.2, 0.25) is 0 Å². The van der Waals surface area contributed by atoms with Crippen LogP contribution < -0.4 is 0 Å². The highest BCUT2D eigenvalue weighted by Gasteiger charge is 2.10. The highest BCUT2D eigenvalue weighted by atomic mass is 35.5. The molecule has 0 radical (unpaired) electrons. The molecule has 0 amide bonds. The number of benzene rings is 2. The number of nitrogens with zero attached hydrogens (tertiary/aromatic N) is 1. The van der Waals surface area contributed by atoms with Crippen molar-refractivity contribution in [1.29, 1.82) is 5.26 Å². The molecule has 0 bridgehead atoms. The molecule has 1 nitrogen and oxygen atoms in total. The van der Waals surface area contributed by atoms with Crippen LogP contribution in [0.4, 0.5) is 0 Å². The summed E-state index contributed by atoms with van der Waals surface area (Å²) in [6.07, 6.45) is 1.71. The smallest absolute Gasteiger partial charge is 0.0999 e. The Labute approximate surface area is 126 Å². The molecule has 0 saturated carbocycles. The van der Waals surface area contributed by atoms with E-state index in [1.165, 1.54) is 0 Å². The second kappa shape index (κ2) is 6.12. The molecule has 2 aromatic carbocycles. The zero-order valence-corrected chi connectivity index (χ0v) is 12.0. The van der Waals surface area contributed by atoms with E-state index < -0.39 is 0 Å². The van der Waals surface area contributed by atoms with Crippen LogP contribution in [0.5, 0.6) is 0 Å². The SMILES string of the molecule is N#CC(=Cc1cccc(Cl)c1)c1c(Cl)cccc1Cl. The van der Waals surface area contributed by atoms with Gasteiger partial charge in [-0.2, -0.15) is 5.26 Å². The fraction of sp³-hybridized carbons (Fsp3) is 0. The Morgan fingerprint density at radius 2 is 1.63 bits per heavy atom. The van der Waals surface area contributed by atoms with E-state index in [0.717, 1.165) is 5.56 Å². The van der Waals surface area contributed by atoms with Gasteiger partial charge in [-0.25, -0.2) is 0 Å². The summed E-state index contributed by atoms with van der Waals surface area (Å²) in [7, 11) is 0. The normalized spacial score (nSPS) is 11.2. The molecule has 0 saturated heterocycles. The number of nitriles is 1. The molecule has 0 aromatic heterocycles. The lowest BCUT2D eigenvalue weighted by Gasteiger charge is -2.05. The summed E-state index contributed by atoms with van der Waals surface area (Å²) in [5.41, 5.74) is 1.76. The molecule has 0 aliphatic rings. The third-order valence-electron chi connectivity index (χ3n) is 2.51. The van der Waals surface area contributed by atoms with Crippen LogP contribution in [0.25, 0.3) is 11.6 Å². The first kappa shape index (κ1) is 14.0. The minimum atomic E-state index is 0.401. The van der Waals surface area contributed by atoms with E-state index >= 15 is 0 Å². The first-order valence-electron chi connectivity index (χ1n) is 5.43. The first-order valence-corrected chi connectivity index (χ1v) is 6.57. The number of rotatable bonds is 2. The molecule has 0 spiro atoms. The second-order valence-electron chi connectivity index (χ2n) is 3.82. The van der Waals surface area contributed by atoms with E-state index in [1.807, 2.05) is 12.1 Å². The van der Waals surface area contributed by atoms with E-state index in [9.17, 15) is 5.26 Å². The van der Waals surface area contributed by atoms with Gasteiger partial charge in [-0.15, -0.1) is 0 Å². The Bertz CT molecular complexity index is 664. The molecule has 4 heteroatoms. The summed E-state index contributed by atoms with van der Waals surface area (Å²) < 4.78 is 0. The van der Waals surface area contributed by atoms with Crippen LogP contribution in [-0.2, 0) is 0 Å². The van der Waals surface area contributed by atoms with Gasteiger partial charge in [-0.05, 0) is 35.9 Å². The van der Waals surface area contributed by atoms with Crippen LogP contribution >= 0.6 is 34.8 Å². The van der Waals surface area contributed by atoms with Crippen LogP contribution in [0.2, 0.25) is 15.1 Å². The van der Waals surface area contributed by atoms with Gasteiger partial charge in [0.25, 0.3) is 0 Å². The zero-order valence-electron chi connectivity index (χ0n) is 9.70. The largest absolute Gasteiger partial charge is 0.192 e. The van der Waals surface area contributed by atoms with Crippen LogP contribution in [0.15, 0.2) is 42.5 Å². The molecule has 94 valence electrons. The lowest BCUT2D eigenvalue weighted by atomic mass is 10.0. The lowest BCUT2D eigenvalue weighted by Crippen LogP contribution is -1.86. The third-order valence-corrected chi connectivity index (χ3v) is 3.38. The van der Waals surface area contributed by atoms with Crippen molar-refractivity contribution >= 4 is 46.5 Å². The molecule has 0 unspecified atom stereocenters. The van der Waals surface area contributed by atoms with Crippen LogP contribution in [0.1, 0.15) is 11.1 Å². The summed E-state index contributed by atoms with van der Waals surface area (Å²) in [5.74, 6) is 0. The van der Waals surface area contributed by atoms with E-state index in [2.05, 4.69) is 6.07 Å². The zero-order chi connectivity index (χ0) is 13.8. The quantitative estimate of drug-likeness (QED) is 0.515. The monoisotopic (exact) mass is 307 g/mol. The Morgan fingerprint density at radius 1 is 1.00 bits per heavy atom. The van der Waals surface area contributed by atoms with Crippen molar-refractivity contribution in [2.45, 2.75) is 0 Å². The van der Waals surface area contributed by atoms with Crippen molar-refractivity contribution in [3.63, 3.8) is 0 Å². The molecule has 19 heavy (non-hydrogen) atoms. The summed E-state index contributed by atoms with van der Waals surface area (Å²) in [6.45, 7) is 0. The van der Waals surface area contributed by atoms with E-state index in [-0.39, 0.29) is 0 Å². The van der Waals surface area contributed by atoms with Crippen LogP contribution in [0.3, 0.4) is 0 Å². The van der Waals surface area contributed by atoms with Crippen molar-refractivity contribution in [2.24, 2.45) is 0 Å². The summed E-state index contributed by atoms with van der Waals surface area (Å²) in [4.78, 5) is 0. The Morgan fingerprint density at radius 3 is 2.21 bits per heavy atom. The molecule has 0 atom stereocenters. The van der Waals surface area contributed by atoms with Gasteiger partial charge < -0.3 is 0 Å². The van der Waals surface area contributed by atoms with E-state index in [1.54, 1.807) is 36.4 Å². The number of allylic oxidation sites excluding steroid dienone is 1. The molecular weight excluding hydrogens is 301 g/mol. The number of halogens is 3. The third kappa shape index (κ3) is 3.30. The fourth-order valence-corrected chi connectivity index (χ4v) is 2.48. The predicted molar refractivity (Wildman–Crippen MR) is 81.4 cm³/mol. The number of hydrogen-bond donors (Lipinski definition) is 0. The minimum Gasteiger partial charge on any atom is -0.192 e. The maximum atomic E-state index is 9.29. The first-order chi connectivity index (χ1) is 9.11. The standard InChI is InChI=1S/C15H8Cl3N/c16-12-4-1-3-10(8-12)7-11(9-19)15-13(17)5-2-6-14(15)18/h1-8H. The molecule has 0 aliphatic carbocycles. The van der Waals surface area contributed by atoms with E-state index in [4.69, 9.17) is 34.8 Å². The maximum absolute atomic E-state index is 9.29. The van der Waals surface area contributed by atoms with Crippen molar-refractivity contribution in [3.8, 4) is 6.07 Å². The Balaban J connectivity index is 2.55. The second-order valence-corrected chi connectivity index (χ2v) is 5.07. The number of hydrogen-bond acceptors (Lipinski definition) is 1. The average molecular weight is 309 g/mol. The molecule has 0 N–H and O–H groups in total. The summed E-state index contributed by atoms with van der Waals surface area (Å²) in [5, 5.41) is 10.8. The van der Waals surface area contributed by atoms with Crippen LogP contribution in [-0.4, -0.2) is 0 Å². The van der Waals surface area contributed by atoms with Crippen LogP contribution in [0, 0.1) is 11.3 Å². The van der Waals surface area contributed by atoms with Gasteiger partial charge in [0.05, 0.1) is 21.7 Å². The molecule has 0 heterocycles. The van der Waals surface area contributed by atoms with Gasteiger partial charge in [0.1, 0.15) is 0 Å². The van der Waals surface area contributed by atoms with Gasteiger partial charge in [0.15, 0.2) is 0 Å². The summed E-state index contributed by atoms with van der Waals surface area (Å²) >= 11 is 18.1. The lowest BCUT2D eigenvalue weighted by molar-refractivity contribution is 1.52. The van der Waals surface area contributed by atoms with Gasteiger partial charge >= 0.3 is 0 Å².